The summed E-state index contributed by atoms with van der Waals surface area (Å²) in [6.45, 7) is 3.96. The van der Waals surface area contributed by atoms with Crippen LogP contribution in [0.2, 0.25) is 0 Å². The Balaban J connectivity index is 1.64. The zero-order valence-corrected chi connectivity index (χ0v) is 12.6. The van der Waals surface area contributed by atoms with Gasteiger partial charge in [-0.2, -0.15) is 0 Å². The van der Waals surface area contributed by atoms with Gasteiger partial charge in [-0.15, -0.1) is 11.3 Å². The van der Waals surface area contributed by atoms with Crippen molar-refractivity contribution < 1.29 is 14.3 Å². The minimum absolute atomic E-state index is 0.293. The van der Waals surface area contributed by atoms with E-state index in [2.05, 4.69) is 4.98 Å². The molecule has 0 aliphatic heterocycles. The highest BCUT2D eigenvalue weighted by atomic mass is 32.1. The van der Waals surface area contributed by atoms with Gasteiger partial charge in [-0.3, -0.25) is 4.90 Å². The van der Waals surface area contributed by atoms with E-state index in [1.54, 1.807) is 17.6 Å². The predicted molar refractivity (Wildman–Crippen MR) is 77.6 cm³/mol. The van der Waals surface area contributed by atoms with Crippen LogP contribution in [0.25, 0.3) is 0 Å². The molecule has 0 amide bonds. The Labute approximate surface area is 122 Å². The number of aliphatic hydroxyl groups is 1. The largest absolute Gasteiger partial charge is 0.467 e. The molecule has 2 heterocycles. The molecule has 0 saturated carbocycles. The summed E-state index contributed by atoms with van der Waals surface area (Å²) < 4.78 is 10.6. The summed E-state index contributed by atoms with van der Waals surface area (Å²) in [4.78, 5) is 6.44. The number of aromatic nitrogens is 1. The number of furan rings is 1. The van der Waals surface area contributed by atoms with E-state index in [-0.39, 0.29) is 0 Å². The maximum Gasteiger partial charge on any atom is 0.129 e. The van der Waals surface area contributed by atoms with Crippen LogP contribution in [-0.2, 0) is 17.9 Å². The maximum atomic E-state index is 9.92. The first-order valence-electron chi connectivity index (χ1n) is 6.51. The van der Waals surface area contributed by atoms with Crippen molar-refractivity contribution in [3.8, 4) is 0 Å². The highest BCUT2D eigenvalue weighted by molar-refractivity contribution is 7.09. The van der Waals surface area contributed by atoms with Crippen LogP contribution >= 0.6 is 11.3 Å². The number of hydrogen-bond acceptors (Lipinski definition) is 6. The lowest BCUT2D eigenvalue weighted by molar-refractivity contribution is 0.00757. The van der Waals surface area contributed by atoms with Crippen molar-refractivity contribution in [1.82, 2.24) is 9.88 Å². The highest BCUT2D eigenvalue weighted by Crippen LogP contribution is 2.10. The Morgan fingerprint density at radius 2 is 2.40 bits per heavy atom. The van der Waals surface area contributed by atoms with E-state index >= 15 is 0 Å². The molecule has 1 atom stereocenters. The number of nitrogens with zero attached hydrogens (tertiary/aromatic N) is 2. The summed E-state index contributed by atoms with van der Waals surface area (Å²) >= 11 is 1.64. The molecule has 2 rings (SSSR count). The van der Waals surface area contributed by atoms with Gasteiger partial charge >= 0.3 is 0 Å². The quantitative estimate of drug-likeness (QED) is 0.808. The lowest BCUT2D eigenvalue weighted by atomic mass is 10.3. The van der Waals surface area contributed by atoms with Crippen LogP contribution in [0.4, 0.5) is 0 Å². The molecule has 0 fully saturated rings. The van der Waals surface area contributed by atoms with E-state index in [4.69, 9.17) is 9.15 Å². The number of aryl methyl sites for hydroxylation is 1. The van der Waals surface area contributed by atoms with Crippen molar-refractivity contribution in [2.45, 2.75) is 26.2 Å². The van der Waals surface area contributed by atoms with Crippen molar-refractivity contribution in [2.75, 3.05) is 20.2 Å². The van der Waals surface area contributed by atoms with Crippen molar-refractivity contribution in [3.05, 3.63) is 40.2 Å². The third kappa shape index (κ3) is 5.05. The minimum atomic E-state index is -0.519. The van der Waals surface area contributed by atoms with E-state index in [1.807, 2.05) is 36.4 Å². The van der Waals surface area contributed by atoms with Crippen LogP contribution in [0.5, 0.6) is 0 Å². The monoisotopic (exact) mass is 296 g/mol. The second-order valence-electron chi connectivity index (χ2n) is 4.80. The first kappa shape index (κ1) is 15.2. The molecule has 110 valence electrons. The normalized spacial score (nSPS) is 13.0. The third-order valence-electron chi connectivity index (χ3n) is 2.76. The van der Waals surface area contributed by atoms with E-state index in [0.29, 0.717) is 19.8 Å². The second-order valence-corrected chi connectivity index (χ2v) is 5.87. The number of rotatable bonds is 8. The fraction of sp³-hybridized carbons (Fsp3) is 0.500. The SMILES string of the molecule is Cc1nc(CN(C)CC(O)COCc2ccco2)cs1. The molecule has 5 nitrogen and oxygen atoms in total. The van der Waals surface area contributed by atoms with Gasteiger partial charge in [-0.1, -0.05) is 0 Å². The van der Waals surface area contributed by atoms with Gasteiger partial charge in [0.1, 0.15) is 12.4 Å². The van der Waals surface area contributed by atoms with Gasteiger partial charge in [0.25, 0.3) is 0 Å². The molecule has 1 N–H and O–H groups in total. The first-order chi connectivity index (χ1) is 9.63. The van der Waals surface area contributed by atoms with Gasteiger partial charge in [-0.25, -0.2) is 4.98 Å². The van der Waals surface area contributed by atoms with E-state index in [1.165, 1.54) is 0 Å². The first-order valence-corrected chi connectivity index (χ1v) is 7.39. The number of likely N-dealkylation sites (N-methyl/N-ethyl adjacent to an activating group) is 1. The Morgan fingerprint density at radius 1 is 1.55 bits per heavy atom. The molecule has 20 heavy (non-hydrogen) atoms. The van der Waals surface area contributed by atoms with Gasteiger partial charge in [0.05, 0.1) is 29.7 Å². The molecular formula is C14H20N2O3S. The number of hydrogen-bond donors (Lipinski definition) is 1. The molecule has 2 aromatic rings. The van der Waals surface area contributed by atoms with Gasteiger partial charge in [0, 0.05) is 18.5 Å². The zero-order chi connectivity index (χ0) is 14.4. The summed E-state index contributed by atoms with van der Waals surface area (Å²) in [5.74, 6) is 0.767. The van der Waals surface area contributed by atoms with Crippen LogP contribution in [0, 0.1) is 6.92 Å². The van der Waals surface area contributed by atoms with Crippen LogP contribution in [-0.4, -0.2) is 41.3 Å². The average molecular weight is 296 g/mol. The molecule has 1 unspecified atom stereocenters. The Bertz CT molecular complexity index is 498. The van der Waals surface area contributed by atoms with Crippen LogP contribution < -0.4 is 0 Å². The molecule has 0 aliphatic rings. The van der Waals surface area contributed by atoms with Crippen molar-refractivity contribution in [2.24, 2.45) is 0 Å². The van der Waals surface area contributed by atoms with Gasteiger partial charge in [0.2, 0.25) is 0 Å². The average Bonchev–Trinajstić information content (AvgIpc) is 3.01. The molecule has 0 aromatic carbocycles. The van der Waals surface area contributed by atoms with Crippen molar-refractivity contribution in [1.29, 1.82) is 0 Å². The lowest BCUT2D eigenvalue weighted by Gasteiger charge is -2.19. The summed E-state index contributed by atoms with van der Waals surface area (Å²) in [5, 5.41) is 13.0. The van der Waals surface area contributed by atoms with Crippen LogP contribution in [0.3, 0.4) is 0 Å². The van der Waals surface area contributed by atoms with E-state index < -0.39 is 6.10 Å². The number of aliphatic hydroxyl groups excluding tert-OH is 1. The van der Waals surface area contributed by atoms with Crippen molar-refractivity contribution >= 4 is 11.3 Å². The fourth-order valence-electron chi connectivity index (χ4n) is 1.92. The van der Waals surface area contributed by atoms with Crippen molar-refractivity contribution in [3.63, 3.8) is 0 Å². The molecule has 0 radical (unpaired) electrons. The minimum Gasteiger partial charge on any atom is -0.467 e. The molecule has 6 heteroatoms. The maximum absolute atomic E-state index is 9.92. The zero-order valence-electron chi connectivity index (χ0n) is 11.8. The Kier molecular flexibility index (Phi) is 5.72. The second kappa shape index (κ2) is 7.54. The smallest absolute Gasteiger partial charge is 0.129 e. The third-order valence-corrected chi connectivity index (χ3v) is 3.58. The summed E-state index contributed by atoms with van der Waals surface area (Å²) in [5.41, 5.74) is 1.04. The predicted octanol–water partition coefficient (Wildman–Crippen LogP) is 2.05. The molecule has 0 aliphatic carbocycles. The molecule has 2 aromatic heterocycles. The lowest BCUT2D eigenvalue weighted by Crippen LogP contribution is -2.31. The highest BCUT2D eigenvalue weighted by Gasteiger charge is 2.10. The Morgan fingerprint density at radius 3 is 3.05 bits per heavy atom. The molecule has 0 saturated heterocycles. The Hall–Kier alpha value is -1.21. The van der Waals surface area contributed by atoms with Gasteiger partial charge < -0.3 is 14.3 Å². The summed E-state index contributed by atoms with van der Waals surface area (Å²) in [7, 11) is 1.96. The summed E-state index contributed by atoms with van der Waals surface area (Å²) in [6, 6.07) is 3.67. The van der Waals surface area contributed by atoms with Gasteiger partial charge in [0.15, 0.2) is 0 Å². The molecule has 0 spiro atoms. The number of ether oxygens (including phenoxy) is 1. The summed E-state index contributed by atoms with van der Waals surface area (Å²) in [6.07, 6.45) is 1.09. The van der Waals surface area contributed by atoms with E-state index in [9.17, 15) is 5.11 Å². The molecule has 0 bridgehead atoms. The fourth-order valence-corrected chi connectivity index (χ4v) is 2.53. The topological polar surface area (TPSA) is 58.7 Å². The van der Waals surface area contributed by atoms with Crippen LogP contribution in [0.15, 0.2) is 28.2 Å². The molecular weight excluding hydrogens is 276 g/mol. The standard InChI is InChI=1S/C14H20N2O3S/c1-11-15-12(10-20-11)6-16(2)7-13(17)8-18-9-14-4-3-5-19-14/h3-5,10,13,17H,6-9H2,1-2H3. The van der Waals surface area contributed by atoms with E-state index in [0.717, 1.165) is 23.0 Å². The van der Waals surface area contributed by atoms with Crippen LogP contribution in [0.1, 0.15) is 16.5 Å². The van der Waals surface area contributed by atoms with Gasteiger partial charge in [-0.05, 0) is 26.1 Å². The number of thiazole rings is 1.